The van der Waals surface area contributed by atoms with Gasteiger partial charge in [-0.1, -0.05) is 103 Å². The van der Waals surface area contributed by atoms with Crippen LogP contribution >= 0.6 is 0 Å². The molecular weight excluding hydrogens is 611 g/mol. The summed E-state index contributed by atoms with van der Waals surface area (Å²) in [7, 11) is 0. The third-order valence-corrected chi connectivity index (χ3v) is 9.98. The van der Waals surface area contributed by atoms with Crippen molar-refractivity contribution in [3.05, 3.63) is 163 Å². The van der Waals surface area contributed by atoms with E-state index in [1.165, 1.54) is 21.8 Å². The molecule has 0 aliphatic carbocycles. The molecule has 6 aromatic carbocycles. The number of rotatable bonds is 5. The maximum absolute atomic E-state index is 6.92. The van der Waals surface area contributed by atoms with Crippen molar-refractivity contribution in [2.45, 2.75) is 13.8 Å². The summed E-state index contributed by atoms with van der Waals surface area (Å²) in [4.78, 5) is 0. The van der Waals surface area contributed by atoms with E-state index in [0.717, 1.165) is 72.2 Å². The van der Waals surface area contributed by atoms with Crippen molar-refractivity contribution >= 4 is 78.0 Å². The summed E-state index contributed by atoms with van der Waals surface area (Å²) in [6.07, 6.45) is 8.44. The topological polar surface area (TPSA) is 27.9 Å². The van der Waals surface area contributed by atoms with Crippen molar-refractivity contribution in [3.8, 4) is 17.1 Å². The molecular formula is C46H33N3O. The van der Waals surface area contributed by atoms with Crippen LogP contribution in [-0.4, -0.2) is 13.7 Å². The van der Waals surface area contributed by atoms with E-state index >= 15 is 0 Å². The monoisotopic (exact) mass is 643 g/mol. The molecule has 0 aliphatic rings. The Morgan fingerprint density at radius 3 is 1.76 bits per heavy atom. The Balaban J connectivity index is 1.37. The highest BCUT2D eigenvalue weighted by Gasteiger charge is 2.27. The molecule has 0 fully saturated rings. The van der Waals surface area contributed by atoms with Gasteiger partial charge in [-0.05, 0) is 85.6 Å². The van der Waals surface area contributed by atoms with Gasteiger partial charge in [-0.15, -0.1) is 0 Å². The van der Waals surface area contributed by atoms with Gasteiger partial charge in [0.25, 0.3) is 0 Å². The maximum Gasteiger partial charge on any atom is 0.163 e. The van der Waals surface area contributed by atoms with Gasteiger partial charge < -0.3 is 8.98 Å². The Kier molecular flexibility index (Phi) is 6.27. The fraction of sp³-hybridized carbons (Fsp3) is 0.0435. The van der Waals surface area contributed by atoms with Crippen LogP contribution in [-0.2, 0) is 0 Å². The van der Waals surface area contributed by atoms with Gasteiger partial charge in [-0.3, -0.25) is 9.13 Å². The van der Waals surface area contributed by atoms with Crippen molar-refractivity contribution in [1.29, 1.82) is 0 Å². The summed E-state index contributed by atoms with van der Waals surface area (Å²) in [6.45, 7) is 4.11. The molecule has 4 nitrogen and oxygen atoms in total. The number of allylic oxidation sites excluding steroid dienone is 2. The molecule has 0 spiro atoms. The highest BCUT2D eigenvalue weighted by molar-refractivity contribution is 6.25. The van der Waals surface area contributed by atoms with Gasteiger partial charge in [-0.2, -0.15) is 0 Å². The molecule has 0 unspecified atom stereocenters. The third-order valence-electron chi connectivity index (χ3n) is 9.98. The van der Waals surface area contributed by atoms with E-state index in [1.807, 2.05) is 6.92 Å². The SMILES string of the molecule is C/C=C/c1ccc2c(c1)oc1c3c4ccc(/C=C/C)cc4n(-c4ccccc4)c3n(-c3cccc(-n4c5ccccc5c5ccccc54)c3)c21. The van der Waals surface area contributed by atoms with Crippen molar-refractivity contribution in [3.63, 3.8) is 0 Å². The largest absolute Gasteiger partial charge is 0.454 e. The Labute approximate surface area is 289 Å². The number of hydrogen-bond donors (Lipinski definition) is 0. The average Bonchev–Trinajstić information content (AvgIpc) is 3.87. The number of aromatic nitrogens is 3. The second-order valence-corrected chi connectivity index (χ2v) is 12.9. The Bertz CT molecular complexity index is 2940. The molecule has 0 saturated carbocycles. The van der Waals surface area contributed by atoms with Crippen molar-refractivity contribution < 1.29 is 4.42 Å². The minimum absolute atomic E-state index is 0.881. The quantitative estimate of drug-likeness (QED) is 0.183. The summed E-state index contributed by atoms with van der Waals surface area (Å²) in [5.41, 5.74) is 13.0. The van der Waals surface area contributed by atoms with E-state index in [0.29, 0.717) is 0 Å². The van der Waals surface area contributed by atoms with Gasteiger partial charge >= 0.3 is 0 Å². The lowest BCUT2D eigenvalue weighted by Gasteiger charge is -2.15. The van der Waals surface area contributed by atoms with E-state index in [4.69, 9.17) is 4.42 Å². The highest BCUT2D eigenvalue weighted by Crippen LogP contribution is 2.45. The molecule has 0 aliphatic heterocycles. The lowest BCUT2D eigenvalue weighted by molar-refractivity contribution is 0.673. The zero-order valence-electron chi connectivity index (χ0n) is 27.8. The third kappa shape index (κ3) is 4.05. The van der Waals surface area contributed by atoms with Gasteiger partial charge in [0.15, 0.2) is 5.58 Å². The Morgan fingerprint density at radius 2 is 1.06 bits per heavy atom. The molecule has 0 saturated heterocycles. The molecule has 0 N–H and O–H groups in total. The summed E-state index contributed by atoms with van der Waals surface area (Å²) < 4.78 is 14.1. The van der Waals surface area contributed by atoms with E-state index in [1.54, 1.807) is 0 Å². The van der Waals surface area contributed by atoms with Crippen LogP contribution in [0.15, 0.2) is 156 Å². The number of fused-ring (bicyclic) bond motifs is 10. The van der Waals surface area contributed by atoms with Crippen molar-refractivity contribution in [2.75, 3.05) is 0 Å². The summed E-state index contributed by atoms with van der Waals surface area (Å²) in [5.74, 6) is 0. The number of para-hydroxylation sites is 3. The van der Waals surface area contributed by atoms with E-state index < -0.39 is 0 Å². The first-order valence-electron chi connectivity index (χ1n) is 17.2. The number of benzene rings is 6. The van der Waals surface area contributed by atoms with Gasteiger partial charge in [0, 0.05) is 38.6 Å². The Hall–Kier alpha value is -6.52. The first-order chi connectivity index (χ1) is 24.7. The van der Waals surface area contributed by atoms with Gasteiger partial charge in [0.1, 0.15) is 16.7 Å². The maximum atomic E-state index is 6.92. The van der Waals surface area contributed by atoms with Crippen LogP contribution in [0.4, 0.5) is 0 Å². The standard InChI is InChI=1S/C46H33N3O/c1-3-13-30-23-25-37-41(27-30)48(32-15-6-5-7-16-32)46-43(37)45-44(38-26-24-31(14-4-2)28-42(38)50-45)49(46)34-18-12-17-33(29-34)47-39-21-10-8-19-35(39)36-20-9-11-22-40(36)47/h3-29H,1-2H3/b13-3+,14-4+. The van der Waals surface area contributed by atoms with Gasteiger partial charge in [0.2, 0.25) is 0 Å². The number of furan rings is 1. The van der Waals surface area contributed by atoms with Crippen LogP contribution in [0, 0.1) is 0 Å². The first kappa shape index (κ1) is 28.5. The van der Waals surface area contributed by atoms with Crippen molar-refractivity contribution in [2.24, 2.45) is 0 Å². The first-order valence-corrected chi connectivity index (χ1v) is 17.2. The smallest absolute Gasteiger partial charge is 0.163 e. The molecule has 10 rings (SSSR count). The molecule has 0 atom stereocenters. The lowest BCUT2D eigenvalue weighted by Crippen LogP contribution is -2.03. The zero-order valence-corrected chi connectivity index (χ0v) is 27.8. The molecule has 0 amide bonds. The summed E-state index contributed by atoms with van der Waals surface area (Å²) >= 11 is 0. The lowest BCUT2D eigenvalue weighted by atomic mass is 10.1. The van der Waals surface area contributed by atoms with Crippen LogP contribution in [0.2, 0.25) is 0 Å². The van der Waals surface area contributed by atoms with Crippen LogP contribution < -0.4 is 0 Å². The zero-order chi connectivity index (χ0) is 33.3. The second-order valence-electron chi connectivity index (χ2n) is 12.9. The Morgan fingerprint density at radius 1 is 0.460 bits per heavy atom. The molecule has 10 aromatic rings. The summed E-state index contributed by atoms with van der Waals surface area (Å²) in [5, 5.41) is 5.85. The second kappa shape index (κ2) is 11.0. The van der Waals surface area contributed by atoms with Gasteiger partial charge in [0.05, 0.1) is 21.9 Å². The van der Waals surface area contributed by atoms with Crippen LogP contribution in [0.3, 0.4) is 0 Å². The minimum atomic E-state index is 0.881. The number of nitrogens with zero attached hydrogens (tertiary/aromatic N) is 3. The van der Waals surface area contributed by atoms with Crippen molar-refractivity contribution in [1.82, 2.24) is 13.7 Å². The fourth-order valence-corrected chi connectivity index (χ4v) is 7.98. The van der Waals surface area contributed by atoms with Crippen LogP contribution in [0.5, 0.6) is 0 Å². The van der Waals surface area contributed by atoms with Crippen LogP contribution in [0.25, 0.3) is 95.0 Å². The molecule has 0 bridgehead atoms. The normalized spacial score (nSPS) is 12.4. The molecule has 4 heterocycles. The predicted molar refractivity (Wildman–Crippen MR) is 211 cm³/mol. The van der Waals surface area contributed by atoms with Gasteiger partial charge in [-0.25, -0.2) is 0 Å². The van der Waals surface area contributed by atoms with E-state index in [-0.39, 0.29) is 0 Å². The predicted octanol–water partition coefficient (Wildman–Crippen LogP) is 12.6. The molecule has 4 heteroatoms. The van der Waals surface area contributed by atoms with Crippen LogP contribution in [0.1, 0.15) is 25.0 Å². The number of hydrogen-bond acceptors (Lipinski definition) is 1. The molecule has 4 aromatic heterocycles. The highest BCUT2D eigenvalue weighted by atomic mass is 16.3. The van der Waals surface area contributed by atoms with E-state index in [9.17, 15) is 0 Å². The summed E-state index contributed by atoms with van der Waals surface area (Å²) in [6, 6.07) is 50.3. The molecule has 50 heavy (non-hydrogen) atoms. The minimum Gasteiger partial charge on any atom is -0.454 e. The molecule has 238 valence electrons. The fourth-order valence-electron chi connectivity index (χ4n) is 7.98. The van der Waals surface area contributed by atoms with E-state index in [2.05, 4.69) is 184 Å². The molecule has 0 radical (unpaired) electrons. The average molecular weight is 644 g/mol.